The first-order chi connectivity index (χ1) is 5.88. The van der Waals surface area contributed by atoms with Gasteiger partial charge in [0.2, 0.25) is 0 Å². The average Bonchev–Trinajstić information content (AvgIpc) is 2.15. The van der Waals surface area contributed by atoms with Gasteiger partial charge in [-0.05, 0) is 31.7 Å². The van der Waals surface area contributed by atoms with Gasteiger partial charge in [-0.3, -0.25) is 0 Å². The largest absolute Gasteiger partial charge is 0.314 e. The monoisotopic (exact) mass is 169 g/mol. The lowest BCUT2D eigenvalue weighted by Crippen LogP contribution is -2.38. The van der Waals surface area contributed by atoms with E-state index in [0.717, 1.165) is 12.0 Å². The van der Waals surface area contributed by atoms with E-state index in [1.807, 2.05) is 0 Å². The Bertz CT molecular complexity index is 112. The SMILES string of the molecule is CCCNC1CCCCC1CC. The molecule has 1 aliphatic rings. The molecule has 0 spiro atoms. The number of nitrogens with one attached hydrogen (secondary N) is 1. The van der Waals surface area contributed by atoms with Crippen molar-refractivity contribution in [2.75, 3.05) is 6.54 Å². The van der Waals surface area contributed by atoms with Crippen molar-refractivity contribution >= 4 is 0 Å². The van der Waals surface area contributed by atoms with E-state index in [2.05, 4.69) is 19.2 Å². The lowest BCUT2D eigenvalue weighted by atomic mass is 9.83. The highest BCUT2D eigenvalue weighted by Crippen LogP contribution is 2.26. The van der Waals surface area contributed by atoms with Crippen LogP contribution in [0.2, 0.25) is 0 Å². The fourth-order valence-corrected chi connectivity index (χ4v) is 2.29. The Morgan fingerprint density at radius 1 is 1.17 bits per heavy atom. The van der Waals surface area contributed by atoms with Crippen LogP contribution in [0.25, 0.3) is 0 Å². The fourth-order valence-electron chi connectivity index (χ4n) is 2.29. The summed E-state index contributed by atoms with van der Waals surface area (Å²) in [6.07, 6.45) is 8.41. The summed E-state index contributed by atoms with van der Waals surface area (Å²) in [5.74, 6) is 0.963. The maximum atomic E-state index is 3.67. The standard InChI is InChI=1S/C11H23N/c1-3-9-12-11-8-6-5-7-10(11)4-2/h10-12H,3-9H2,1-2H3. The molecular weight excluding hydrogens is 146 g/mol. The van der Waals surface area contributed by atoms with Crippen LogP contribution in [0.4, 0.5) is 0 Å². The summed E-state index contributed by atoms with van der Waals surface area (Å²) in [6, 6.07) is 0.837. The fraction of sp³-hybridized carbons (Fsp3) is 1.00. The second kappa shape index (κ2) is 5.58. The van der Waals surface area contributed by atoms with Gasteiger partial charge >= 0.3 is 0 Å². The molecule has 1 nitrogen and oxygen atoms in total. The zero-order valence-electron chi connectivity index (χ0n) is 8.60. The first-order valence-electron chi connectivity index (χ1n) is 5.61. The highest BCUT2D eigenvalue weighted by Gasteiger charge is 2.22. The van der Waals surface area contributed by atoms with E-state index in [1.165, 1.54) is 45.1 Å². The van der Waals surface area contributed by atoms with E-state index in [-0.39, 0.29) is 0 Å². The molecule has 0 amide bonds. The maximum absolute atomic E-state index is 3.67. The van der Waals surface area contributed by atoms with Gasteiger partial charge in [-0.2, -0.15) is 0 Å². The molecule has 2 atom stereocenters. The van der Waals surface area contributed by atoms with Crippen LogP contribution in [0, 0.1) is 5.92 Å². The third-order valence-electron chi connectivity index (χ3n) is 3.09. The Balaban J connectivity index is 2.26. The van der Waals surface area contributed by atoms with Crippen LogP contribution in [0.15, 0.2) is 0 Å². The lowest BCUT2D eigenvalue weighted by Gasteiger charge is -2.31. The van der Waals surface area contributed by atoms with Crippen LogP contribution >= 0.6 is 0 Å². The molecule has 0 bridgehead atoms. The van der Waals surface area contributed by atoms with Gasteiger partial charge in [-0.25, -0.2) is 0 Å². The Morgan fingerprint density at radius 2 is 1.92 bits per heavy atom. The summed E-state index contributed by atoms with van der Waals surface area (Å²) in [5, 5.41) is 3.67. The maximum Gasteiger partial charge on any atom is 0.00952 e. The van der Waals surface area contributed by atoms with E-state index < -0.39 is 0 Å². The second-order valence-corrected chi connectivity index (χ2v) is 4.01. The van der Waals surface area contributed by atoms with Crippen LogP contribution in [-0.4, -0.2) is 12.6 Å². The summed E-state index contributed by atoms with van der Waals surface area (Å²) >= 11 is 0. The van der Waals surface area contributed by atoms with Crippen LogP contribution in [0.3, 0.4) is 0 Å². The van der Waals surface area contributed by atoms with Crippen LogP contribution < -0.4 is 5.32 Å². The molecule has 0 saturated heterocycles. The first-order valence-corrected chi connectivity index (χ1v) is 5.61. The smallest absolute Gasteiger partial charge is 0.00952 e. The topological polar surface area (TPSA) is 12.0 Å². The van der Waals surface area contributed by atoms with Crippen molar-refractivity contribution in [1.29, 1.82) is 0 Å². The van der Waals surface area contributed by atoms with E-state index in [1.54, 1.807) is 0 Å². The zero-order chi connectivity index (χ0) is 8.81. The Hall–Kier alpha value is -0.0400. The van der Waals surface area contributed by atoms with Gasteiger partial charge in [0.15, 0.2) is 0 Å². The quantitative estimate of drug-likeness (QED) is 0.682. The van der Waals surface area contributed by atoms with Crippen molar-refractivity contribution in [3.8, 4) is 0 Å². The van der Waals surface area contributed by atoms with Crippen LogP contribution in [-0.2, 0) is 0 Å². The highest BCUT2D eigenvalue weighted by molar-refractivity contribution is 4.79. The number of rotatable bonds is 4. The molecular formula is C11H23N. The number of hydrogen-bond donors (Lipinski definition) is 1. The van der Waals surface area contributed by atoms with Crippen LogP contribution in [0.1, 0.15) is 52.4 Å². The normalized spacial score (nSPS) is 30.5. The second-order valence-electron chi connectivity index (χ2n) is 4.01. The molecule has 1 fully saturated rings. The lowest BCUT2D eigenvalue weighted by molar-refractivity contribution is 0.256. The van der Waals surface area contributed by atoms with Gasteiger partial charge in [0.1, 0.15) is 0 Å². The summed E-state index contributed by atoms with van der Waals surface area (Å²) in [6.45, 7) is 5.79. The van der Waals surface area contributed by atoms with Crippen molar-refractivity contribution in [3.63, 3.8) is 0 Å². The minimum atomic E-state index is 0.837. The average molecular weight is 169 g/mol. The van der Waals surface area contributed by atoms with Gasteiger partial charge in [0.25, 0.3) is 0 Å². The summed E-state index contributed by atoms with van der Waals surface area (Å²) in [5.41, 5.74) is 0. The Labute approximate surface area is 76.9 Å². The Kier molecular flexibility index (Phi) is 4.67. The first kappa shape index (κ1) is 10.0. The van der Waals surface area contributed by atoms with Crippen molar-refractivity contribution < 1.29 is 0 Å². The van der Waals surface area contributed by atoms with Gasteiger partial charge < -0.3 is 5.32 Å². The molecule has 0 aromatic carbocycles. The molecule has 12 heavy (non-hydrogen) atoms. The molecule has 0 aromatic rings. The van der Waals surface area contributed by atoms with Gasteiger partial charge in [0.05, 0.1) is 0 Å². The molecule has 0 aliphatic heterocycles. The molecule has 72 valence electrons. The molecule has 1 N–H and O–H groups in total. The third-order valence-corrected chi connectivity index (χ3v) is 3.09. The molecule has 1 aliphatic carbocycles. The molecule has 0 heterocycles. The van der Waals surface area contributed by atoms with Crippen molar-refractivity contribution in [2.24, 2.45) is 5.92 Å². The Morgan fingerprint density at radius 3 is 2.58 bits per heavy atom. The minimum absolute atomic E-state index is 0.837. The van der Waals surface area contributed by atoms with E-state index in [0.29, 0.717) is 0 Å². The zero-order valence-corrected chi connectivity index (χ0v) is 8.60. The predicted molar refractivity (Wildman–Crippen MR) is 54.3 cm³/mol. The van der Waals surface area contributed by atoms with Gasteiger partial charge in [-0.1, -0.05) is 33.1 Å². The van der Waals surface area contributed by atoms with Gasteiger partial charge in [0, 0.05) is 6.04 Å². The van der Waals surface area contributed by atoms with E-state index in [9.17, 15) is 0 Å². The minimum Gasteiger partial charge on any atom is -0.314 e. The third kappa shape index (κ3) is 2.78. The van der Waals surface area contributed by atoms with E-state index >= 15 is 0 Å². The molecule has 0 aromatic heterocycles. The summed E-state index contributed by atoms with van der Waals surface area (Å²) in [7, 11) is 0. The molecule has 1 saturated carbocycles. The van der Waals surface area contributed by atoms with Crippen molar-refractivity contribution in [3.05, 3.63) is 0 Å². The van der Waals surface area contributed by atoms with E-state index in [4.69, 9.17) is 0 Å². The highest BCUT2D eigenvalue weighted by atomic mass is 14.9. The summed E-state index contributed by atoms with van der Waals surface area (Å²) in [4.78, 5) is 0. The van der Waals surface area contributed by atoms with Crippen molar-refractivity contribution in [1.82, 2.24) is 5.32 Å². The van der Waals surface area contributed by atoms with Crippen molar-refractivity contribution in [2.45, 2.75) is 58.4 Å². The predicted octanol–water partition coefficient (Wildman–Crippen LogP) is 2.95. The van der Waals surface area contributed by atoms with Gasteiger partial charge in [-0.15, -0.1) is 0 Å². The molecule has 1 heteroatoms. The molecule has 2 unspecified atom stereocenters. The number of hydrogen-bond acceptors (Lipinski definition) is 1. The summed E-state index contributed by atoms with van der Waals surface area (Å²) < 4.78 is 0. The molecule has 1 rings (SSSR count). The van der Waals surface area contributed by atoms with Crippen LogP contribution in [0.5, 0.6) is 0 Å². The molecule has 0 radical (unpaired) electrons.